The van der Waals surface area contributed by atoms with Crippen molar-refractivity contribution in [3.8, 4) is 17.0 Å². The first-order chi connectivity index (χ1) is 8.63. The lowest BCUT2D eigenvalue weighted by Crippen LogP contribution is -2.01. The van der Waals surface area contributed by atoms with Crippen LogP contribution in [0.15, 0.2) is 36.5 Å². The van der Waals surface area contributed by atoms with Gasteiger partial charge in [0.25, 0.3) is 0 Å². The first-order valence-electron chi connectivity index (χ1n) is 5.15. The average molecular weight is 247 g/mol. The molecule has 0 atom stereocenters. The zero-order chi connectivity index (χ0) is 13.1. The van der Waals surface area contributed by atoms with E-state index in [1.54, 1.807) is 6.07 Å². The maximum Gasteiger partial charge on any atom is 0.337 e. The molecule has 1 aromatic carbocycles. The Balaban J connectivity index is 2.55. The van der Waals surface area contributed by atoms with Gasteiger partial charge in [0.15, 0.2) is 11.6 Å². The lowest BCUT2D eigenvalue weighted by molar-refractivity contribution is 0.0697. The Morgan fingerprint density at radius 3 is 2.78 bits per heavy atom. The lowest BCUT2D eigenvalue weighted by Gasteiger charge is -2.07. The molecule has 1 N–H and O–H groups in total. The van der Waals surface area contributed by atoms with Crippen molar-refractivity contribution in [2.45, 2.75) is 0 Å². The number of carboxylic acids is 1. The summed E-state index contributed by atoms with van der Waals surface area (Å²) in [6.45, 7) is 0. The van der Waals surface area contributed by atoms with Gasteiger partial charge in [-0.2, -0.15) is 0 Å². The normalized spacial score (nSPS) is 10.1. The molecule has 0 bridgehead atoms. The van der Waals surface area contributed by atoms with Gasteiger partial charge < -0.3 is 9.84 Å². The van der Waals surface area contributed by atoms with Crippen LogP contribution in [-0.4, -0.2) is 23.2 Å². The van der Waals surface area contributed by atoms with Crippen LogP contribution in [0.4, 0.5) is 4.39 Å². The highest BCUT2D eigenvalue weighted by Gasteiger charge is 2.14. The van der Waals surface area contributed by atoms with Crippen LogP contribution in [0.5, 0.6) is 5.75 Å². The minimum atomic E-state index is -1.10. The van der Waals surface area contributed by atoms with Crippen LogP contribution in [0, 0.1) is 5.82 Å². The Morgan fingerprint density at radius 1 is 1.39 bits per heavy atom. The molecule has 18 heavy (non-hydrogen) atoms. The number of pyridine rings is 1. The summed E-state index contributed by atoms with van der Waals surface area (Å²) in [5.74, 6) is -1.56. The minimum absolute atomic E-state index is 0.0297. The molecule has 0 spiro atoms. The van der Waals surface area contributed by atoms with Crippen molar-refractivity contribution >= 4 is 5.97 Å². The summed E-state index contributed by atoms with van der Waals surface area (Å²) in [5, 5.41) is 9.04. The Morgan fingerprint density at radius 2 is 2.17 bits per heavy atom. The summed E-state index contributed by atoms with van der Waals surface area (Å²) in [6, 6.07) is 7.15. The van der Waals surface area contributed by atoms with Gasteiger partial charge in [-0.3, -0.25) is 4.98 Å². The van der Waals surface area contributed by atoms with E-state index in [4.69, 9.17) is 9.84 Å². The number of methoxy groups -OCH3 is 1. The predicted octanol–water partition coefficient (Wildman–Crippen LogP) is 2.59. The molecule has 0 aliphatic rings. The van der Waals surface area contributed by atoms with E-state index in [2.05, 4.69) is 4.98 Å². The minimum Gasteiger partial charge on any atom is -0.494 e. The topological polar surface area (TPSA) is 59.4 Å². The molecule has 4 nitrogen and oxygen atoms in total. The van der Waals surface area contributed by atoms with Gasteiger partial charge in [0.2, 0.25) is 0 Å². The van der Waals surface area contributed by atoms with Crippen LogP contribution >= 0.6 is 0 Å². The fourth-order valence-corrected chi connectivity index (χ4v) is 1.62. The first kappa shape index (κ1) is 12.0. The van der Waals surface area contributed by atoms with Crippen LogP contribution in [0.1, 0.15) is 10.4 Å². The molecule has 0 aliphatic carbocycles. The third-order valence-electron chi connectivity index (χ3n) is 2.46. The molecule has 0 fully saturated rings. The number of benzene rings is 1. The van der Waals surface area contributed by atoms with Crippen molar-refractivity contribution in [2.75, 3.05) is 7.11 Å². The number of halogens is 1. The maximum absolute atomic E-state index is 13.6. The van der Waals surface area contributed by atoms with Crippen LogP contribution in [-0.2, 0) is 0 Å². The standard InChI is InChI=1S/C13H10FNO3/c1-18-11-5-4-8(7-10(11)14)12-9(13(16)17)3-2-6-15-12/h2-7H,1H3,(H,16,17). The number of carbonyl (C=O) groups is 1. The SMILES string of the molecule is COc1ccc(-c2ncccc2C(=O)O)cc1F. The number of aromatic carboxylic acids is 1. The Labute approximate surface area is 103 Å². The predicted molar refractivity (Wildman–Crippen MR) is 63.1 cm³/mol. The van der Waals surface area contributed by atoms with E-state index in [9.17, 15) is 9.18 Å². The van der Waals surface area contributed by atoms with Gasteiger partial charge in [-0.15, -0.1) is 0 Å². The maximum atomic E-state index is 13.6. The number of hydrogen-bond donors (Lipinski definition) is 1. The van der Waals surface area contributed by atoms with Gasteiger partial charge in [0, 0.05) is 11.8 Å². The number of rotatable bonds is 3. The van der Waals surface area contributed by atoms with Gasteiger partial charge in [-0.05, 0) is 30.3 Å². The fraction of sp³-hybridized carbons (Fsp3) is 0.0769. The molecule has 0 amide bonds. The van der Waals surface area contributed by atoms with Crippen LogP contribution in [0.2, 0.25) is 0 Å². The molecule has 2 aromatic rings. The quantitative estimate of drug-likeness (QED) is 0.905. The average Bonchev–Trinajstić information content (AvgIpc) is 2.38. The molecule has 0 saturated heterocycles. The smallest absolute Gasteiger partial charge is 0.337 e. The molecule has 5 heteroatoms. The zero-order valence-corrected chi connectivity index (χ0v) is 9.55. The number of aromatic nitrogens is 1. The van der Waals surface area contributed by atoms with E-state index in [-0.39, 0.29) is 17.0 Å². The summed E-state index contributed by atoms with van der Waals surface area (Å²) in [6.07, 6.45) is 1.46. The highest BCUT2D eigenvalue weighted by atomic mass is 19.1. The van der Waals surface area contributed by atoms with E-state index >= 15 is 0 Å². The summed E-state index contributed by atoms with van der Waals surface area (Å²) < 4.78 is 18.4. The first-order valence-corrected chi connectivity index (χ1v) is 5.15. The Bertz CT molecular complexity index is 599. The number of carboxylic acid groups (broad SMARTS) is 1. The van der Waals surface area contributed by atoms with Crippen LogP contribution < -0.4 is 4.74 Å². The second-order valence-electron chi connectivity index (χ2n) is 3.55. The second kappa shape index (κ2) is 4.83. The van der Waals surface area contributed by atoms with Crippen molar-refractivity contribution in [1.29, 1.82) is 0 Å². The van der Waals surface area contributed by atoms with Gasteiger partial charge in [0.1, 0.15) is 0 Å². The van der Waals surface area contributed by atoms with Gasteiger partial charge in [-0.1, -0.05) is 0 Å². The molecular weight excluding hydrogens is 237 g/mol. The summed E-state index contributed by atoms with van der Waals surface area (Å²) in [7, 11) is 1.36. The van der Waals surface area contributed by atoms with E-state index in [0.29, 0.717) is 5.56 Å². The van der Waals surface area contributed by atoms with Gasteiger partial charge in [0.05, 0.1) is 18.4 Å². The monoisotopic (exact) mass is 247 g/mol. The molecule has 92 valence electrons. The molecule has 0 radical (unpaired) electrons. The molecule has 0 unspecified atom stereocenters. The number of hydrogen-bond acceptors (Lipinski definition) is 3. The highest BCUT2D eigenvalue weighted by Crippen LogP contribution is 2.26. The highest BCUT2D eigenvalue weighted by molar-refractivity contribution is 5.94. The Hall–Kier alpha value is -2.43. The largest absolute Gasteiger partial charge is 0.494 e. The van der Waals surface area contributed by atoms with Gasteiger partial charge >= 0.3 is 5.97 Å². The third-order valence-corrected chi connectivity index (χ3v) is 2.46. The molecule has 2 rings (SSSR count). The van der Waals surface area contributed by atoms with E-state index < -0.39 is 11.8 Å². The van der Waals surface area contributed by atoms with Crippen LogP contribution in [0.25, 0.3) is 11.3 Å². The summed E-state index contributed by atoms with van der Waals surface area (Å²) >= 11 is 0. The van der Waals surface area contributed by atoms with E-state index in [1.807, 2.05) is 0 Å². The second-order valence-corrected chi connectivity index (χ2v) is 3.55. The van der Waals surface area contributed by atoms with Crippen molar-refractivity contribution in [1.82, 2.24) is 4.98 Å². The molecular formula is C13H10FNO3. The zero-order valence-electron chi connectivity index (χ0n) is 9.55. The third kappa shape index (κ3) is 2.15. The number of ether oxygens (including phenoxy) is 1. The fourth-order valence-electron chi connectivity index (χ4n) is 1.62. The molecule has 1 heterocycles. The Kier molecular flexibility index (Phi) is 3.23. The van der Waals surface area contributed by atoms with Crippen molar-refractivity contribution in [3.05, 3.63) is 47.9 Å². The van der Waals surface area contributed by atoms with E-state index in [1.165, 1.54) is 37.6 Å². The molecule has 0 aliphatic heterocycles. The summed E-state index contributed by atoms with van der Waals surface area (Å²) in [4.78, 5) is 15.0. The molecule has 0 saturated carbocycles. The van der Waals surface area contributed by atoms with Crippen molar-refractivity contribution in [3.63, 3.8) is 0 Å². The van der Waals surface area contributed by atoms with Crippen molar-refractivity contribution < 1.29 is 19.0 Å². The van der Waals surface area contributed by atoms with Gasteiger partial charge in [-0.25, -0.2) is 9.18 Å². The van der Waals surface area contributed by atoms with E-state index in [0.717, 1.165) is 0 Å². The molecule has 1 aromatic heterocycles. The lowest BCUT2D eigenvalue weighted by atomic mass is 10.1. The summed E-state index contributed by atoms with van der Waals surface area (Å²) in [5.41, 5.74) is 0.653. The van der Waals surface area contributed by atoms with Crippen molar-refractivity contribution in [2.24, 2.45) is 0 Å². The van der Waals surface area contributed by atoms with Crippen LogP contribution in [0.3, 0.4) is 0 Å². The number of nitrogens with zero attached hydrogens (tertiary/aromatic N) is 1.